The third-order valence-corrected chi connectivity index (χ3v) is 5.83. The Morgan fingerprint density at radius 2 is 1.82 bits per heavy atom. The SMILES string of the molecule is O=C(CCCNc1ncccn1)N1CCC[C@H]1c1cccc(Cc2ccc(C(F)(F)F)cc2)n1. The zero-order chi connectivity index (χ0) is 24.0. The predicted molar refractivity (Wildman–Crippen MR) is 122 cm³/mol. The van der Waals surface area contributed by atoms with Gasteiger partial charge in [-0.15, -0.1) is 0 Å². The molecule has 2 aromatic heterocycles. The first-order valence-electron chi connectivity index (χ1n) is 11.3. The molecule has 0 spiro atoms. The molecule has 1 aliphatic rings. The molecule has 34 heavy (non-hydrogen) atoms. The Balaban J connectivity index is 1.34. The highest BCUT2D eigenvalue weighted by Gasteiger charge is 2.31. The number of likely N-dealkylation sites (tertiary alicyclic amines) is 1. The summed E-state index contributed by atoms with van der Waals surface area (Å²) in [5, 5.41) is 3.11. The van der Waals surface area contributed by atoms with Crippen molar-refractivity contribution < 1.29 is 18.0 Å². The van der Waals surface area contributed by atoms with E-state index in [4.69, 9.17) is 4.98 Å². The maximum Gasteiger partial charge on any atom is 0.416 e. The Morgan fingerprint density at radius 1 is 1.06 bits per heavy atom. The van der Waals surface area contributed by atoms with E-state index in [2.05, 4.69) is 15.3 Å². The van der Waals surface area contributed by atoms with Crippen LogP contribution in [-0.4, -0.2) is 38.8 Å². The third kappa shape index (κ3) is 6.09. The fourth-order valence-electron chi connectivity index (χ4n) is 4.15. The van der Waals surface area contributed by atoms with Crippen molar-refractivity contribution in [1.29, 1.82) is 0 Å². The van der Waals surface area contributed by atoms with Crippen LogP contribution >= 0.6 is 0 Å². The van der Waals surface area contributed by atoms with E-state index < -0.39 is 11.7 Å². The molecular weight excluding hydrogens is 443 g/mol. The van der Waals surface area contributed by atoms with Gasteiger partial charge >= 0.3 is 6.18 Å². The second-order valence-electron chi connectivity index (χ2n) is 8.27. The van der Waals surface area contributed by atoms with E-state index in [0.717, 1.165) is 41.9 Å². The summed E-state index contributed by atoms with van der Waals surface area (Å²) in [7, 11) is 0. The van der Waals surface area contributed by atoms with Gasteiger partial charge < -0.3 is 10.2 Å². The Hall–Kier alpha value is -3.49. The molecule has 178 valence electrons. The first-order chi connectivity index (χ1) is 16.4. The molecule has 0 aliphatic carbocycles. The van der Waals surface area contributed by atoms with Crippen LogP contribution in [-0.2, 0) is 17.4 Å². The first-order valence-corrected chi connectivity index (χ1v) is 11.3. The van der Waals surface area contributed by atoms with Crippen molar-refractivity contribution in [3.8, 4) is 0 Å². The fourth-order valence-corrected chi connectivity index (χ4v) is 4.15. The van der Waals surface area contributed by atoms with E-state index in [9.17, 15) is 18.0 Å². The molecule has 0 radical (unpaired) electrons. The molecule has 3 aromatic rings. The van der Waals surface area contributed by atoms with Gasteiger partial charge in [-0.3, -0.25) is 9.78 Å². The molecule has 4 rings (SSSR count). The van der Waals surface area contributed by atoms with Crippen LogP contribution in [0.3, 0.4) is 0 Å². The minimum atomic E-state index is -4.35. The van der Waals surface area contributed by atoms with Crippen molar-refractivity contribution in [3.05, 3.63) is 83.4 Å². The van der Waals surface area contributed by atoms with E-state index in [1.54, 1.807) is 18.5 Å². The van der Waals surface area contributed by atoms with E-state index in [1.165, 1.54) is 12.1 Å². The molecule has 1 amide bonds. The number of halogens is 3. The van der Waals surface area contributed by atoms with Gasteiger partial charge in [-0.05, 0) is 55.2 Å². The van der Waals surface area contributed by atoms with Gasteiger partial charge in [0, 0.05) is 44.0 Å². The van der Waals surface area contributed by atoms with Crippen LogP contribution in [0, 0.1) is 0 Å². The Bertz CT molecular complexity index is 1090. The van der Waals surface area contributed by atoms with Crippen molar-refractivity contribution in [3.63, 3.8) is 0 Å². The van der Waals surface area contributed by atoms with Crippen molar-refractivity contribution in [2.75, 3.05) is 18.4 Å². The van der Waals surface area contributed by atoms with Gasteiger partial charge in [0.2, 0.25) is 11.9 Å². The summed E-state index contributed by atoms with van der Waals surface area (Å²) < 4.78 is 38.4. The lowest BCUT2D eigenvalue weighted by molar-refractivity contribution is -0.137. The maximum absolute atomic E-state index is 12.9. The first kappa shape index (κ1) is 23.7. The Morgan fingerprint density at radius 3 is 2.56 bits per heavy atom. The fraction of sp³-hybridized carbons (Fsp3) is 0.360. The van der Waals surface area contributed by atoms with Crippen LogP contribution in [0.5, 0.6) is 0 Å². The van der Waals surface area contributed by atoms with Gasteiger partial charge in [-0.2, -0.15) is 13.2 Å². The third-order valence-electron chi connectivity index (χ3n) is 5.83. The number of hydrogen-bond donors (Lipinski definition) is 1. The van der Waals surface area contributed by atoms with Gasteiger partial charge in [0.25, 0.3) is 0 Å². The maximum atomic E-state index is 12.9. The quantitative estimate of drug-likeness (QED) is 0.468. The van der Waals surface area contributed by atoms with Crippen LogP contribution in [0.2, 0.25) is 0 Å². The number of hydrogen-bond acceptors (Lipinski definition) is 5. The molecule has 9 heteroatoms. The lowest BCUT2D eigenvalue weighted by atomic mass is 10.0. The topological polar surface area (TPSA) is 71.0 Å². The lowest BCUT2D eigenvalue weighted by Gasteiger charge is -2.25. The molecule has 1 saturated heterocycles. The molecule has 1 fully saturated rings. The molecule has 1 aromatic carbocycles. The van der Waals surface area contributed by atoms with Crippen LogP contribution in [0.4, 0.5) is 19.1 Å². The number of rotatable bonds is 8. The summed E-state index contributed by atoms with van der Waals surface area (Å²) >= 11 is 0. The highest BCUT2D eigenvalue weighted by atomic mass is 19.4. The number of anilines is 1. The number of pyridine rings is 1. The molecule has 1 N–H and O–H groups in total. The van der Waals surface area contributed by atoms with E-state index >= 15 is 0 Å². The normalized spacial score (nSPS) is 16.0. The zero-order valence-electron chi connectivity index (χ0n) is 18.6. The molecule has 0 saturated carbocycles. The van der Waals surface area contributed by atoms with E-state index in [0.29, 0.717) is 38.3 Å². The monoisotopic (exact) mass is 469 g/mol. The minimum absolute atomic E-state index is 0.0783. The van der Waals surface area contributed by atoms with Gasteiger partial charge in [-0.25, -0.2) is 9.97 Å². The van der Waals surface area contributed by atoms with Gasteiger partial charge in [0.05, 0.1) is 17.3 Å². The lowest BCUT2D eigenvalue weighted by Crippen LogP contribution is -2.31. The number of nitrogens with zero attached hydrogens (tertiary/aromatic N) is 4. The van der Waals surface area contributed by atoms with Crippen LogP contribution in [0.1, 0.15) is 54.2 Å². The van der Waals surface area contributed by atoms with Crippen molar-refractivity contribution in [2.45, 2.75) is 44.3 Å². The molecule has 0 bridgehead atoms. The minimum Gasteiger partial charge on any atom is -0.354 e. The summed E-state index contributed by atoms with van der Waals surface area (Å²) in [5.74, 6) is 0.635. The van der Waals surface area contributed by atoms with Crippen molar-refractivity contribution >= 4 is 11.9 Å². The van der Waals surface area contributed by atoms with Crippen molar-refractivity contribution in [1.82, 2.24) is 19.9 Å². The Kier molecular flexibility index (Phi) is 7.40. The number of alkyl halides is 3. The molecule has 1 aliphatic heterocycles. The summed E-state index contributed by atoms with van der Waals surface area (Å²) in [5.41, 5.74) is 1.69. The van der Waals surface area contributed by atoms with Crippen molar-refractivity contribution in [2.24, 2.45) is 0 Å². The molecule has 1 atom stereocenters. The number of aromatic nitrogens is 3. The van der Waals surface area contributed by atoms with E-state index in [-0.39, 0.29) is 11.9 Å². The number of carbonyl (C=O) groups excluding carboxylic acids is 1. The van der Waals surface area contributed by atoms with Gasteiger partial charge in [-0.1, -0.05) is 18.2 Å². The molecule has 0 unspecified atom stereocenters. The van der Waals surface area contributed by atoms with Gasteiger partial charge in [0.1, 0.15) is 0 Å². The summed E-state index contributed by atoms with van der Waals surface area (Å²) in [6, 6.07) is 12.5. The predicted octanol–water partition coefficient (Wildman–Crippen LogP) is 5.04. The number of amides is 1. The second kappa shape index (κ2) is 10.6. The number of carbonyl (C=O) groups is 1. The largest absolute Gasteiger partial charge is 0.416 e. The summed E-state index contributed by atoms with van der Waals surface area (Å²) in [6.07, 6.45) is 2.25. The highest BCUT2D eigenvalue weighted by molar-refractivity contribution is 5.77. The smallest absolute Gasteiger partial charge is 0.354 e. The molecule has 3 heterocycles. The zero-order valence-corrected chi connectivity index (χ0v) is 18.6. The van der Waals surface area contributed by atoms with Crippen LogP contribution < -0.4 is 5.32 Å². The molecule has 6 nitrogen and oxygen atoms in total. The second-order valence-corrected chi connectivity index (χ2v) is 8.27. The highest BCUT2D eigenvalue weighted by Crippen LogP contribution is 2.32. The molecular formula is C25H26F3N5O. The number of benzene rings is 1. The Labute approximate surface area is 196 Å². The van der Waals surface area contributed by atoms with Gasteiger partial charge in [0.15, 0.2) is 0 Å². The van der Waals surface area contributed by atoms with Crippen LogP contribution in [0.15, 0.2) is 60.9 Å². The summed E-state index contributed by atoms with van der Waals surface area (Å²) in [4.78, 5) is 27.7. The standard InChI is InChI=1S/C25H26F3N5O/c26-25(27,28)19-11-9-18(10-12-19)17-20-5-1-6-21(32-20)22-7-3-16-33(22)23(34)8-2-13-29-24-30-14-4-15-31-24/h1,4-6,9-12,14-15,22H,2-3,7-8,13,16-17H2,(H,29,30,31)/t22-/m0/s1. The van der Waals surface area contributed by atoms with E-state index in [1.807, 2.05) is 23.1 Å². The average molecular weight is 470 g/mol. The summed E-state index contributed by atoms with van der Waals surface area (Å²) in [6.45, 7) is 1.30. The number of nitrogens with one attached hydrogen (secondary N) is 1. The average Bonchev–Trinajstić information content (AvgIpc) is 3.33. The van der Waals surface area contributed by atoms with Crippen LogP contribution in [0.25, 0.3) is 0 Å².